The fourth-order valence-electron chi connectivity index (χ4n) is 0.784. The van der Waals surface area contributed by atoms with Gasteiger partial charge in [-0.25, -0.2) is 0 Å². The van der Waals surface area contributed by atoms with Gasteiger partial charge in [0.15, 0.2) is 5.60 Å². The van der Waals surface area contributed by atoms with E-state index >= 15 is 0 Å². The van der Waals surface area contributed by atoms with Gasteiger partial charge in [-0.05, 0) is 0 Å². The number of amides is 1. The Morgan fingerprint density at radius 2 is 1.82 bits per heavy atom. The molecule has 1 rings (SSSR count). The molecule has 0 aromatic heterocycles. The van der Waals surface area contributed by atoms with Crippen molar-refractivity contribution in [2.24, 2.45) is 5.73 Å². The molecule has 1 aliphatic heterocycles. The van der Waals surface area contributed by atoms with Crippen molar-refractivity contribution in [3.05, 3.63) is 0 Å². The van der Waals surface area contributed by atoms with E-state index in [4.69, 9.17) is 15.2 Å². The van der Waals surface area contributed by atoms with E-state index in [0.717, 1.165) is 0 Å². The topological polar surface area (TPSA) is 81.8 Å². The van der Waals surface area contributed by atoms with Crippen LogP contribution in [0.4, 0.5) is 0 Å². The van der Waals surface area contributed by atoms with Crippen molar-refractivity contribution < 1.29 is 19.4 Å². The lowest BCUT2D eigenvalue weighted by atomic mass is 10.1. The highest BCUT2D eigenvalue weighted by molar-refractivity contribution is 5.83. The van der Waals surface area contributed by atoms with E-state index in [2.05, 4.69) is 0 Å². The maximum absolute atomic E-state index is 10.6. The number of hydrogen-bond donors (Lipinski definition) is 2. The van der Waals surface area contributed by atoms with Crippen molar-refractivity contribution in [1.29, 1.82) is 0 Å². The molecule has 5 heteroatoms. The first kappa shape index (κ1) is 8.45. The Bertz CT molecular complexity index is 151. The molecule has 0 aromatic rings. The first-order valence-corrected chi connectivity index (χ1v) is 3.33. The summed E-state index contributed by atoms with van der Waals surface area (Å²) in [5.74, 6) is -0.806. The second kappa shape index (κ2) is 3.17. The predicted molar refractivity (Wildman–Crippen MR) is 35.8 cm³/mol. The lowest BCUT2D eigenvalue weighted by Crippen LogP contribution is -2.50. The van der Waals surface area contributed by atoms with Crippen molar-refractivity contribution in [3.8, 4) is 0 Å². The quantitative estimate of drug-likeness (QED) is 0.477. The monoisotopic (exact) mass is 161 g/mol. The zero-order valence-corrected chi connectivity index (χ0v) is 6.08. The van der Waals surface area contributed by atoms with Gasteiger partial charge >= 0.3 is 0 Å². The number of carbonyl (C=O) groups is 1. The van der Waals surface area contributed by atoms with Crippen LogP contribution in [0.2, 0.25) is 0 Å². The second-order valence-electron chi connectivity index (χ2n) is 2.50. The Morgan fingerprint density at radius 3 is 2.18 bits per heavy atom. The Balaban J connectivity index is 2.59. The molecule has 5 nitrogen and oxygen atoms in total. The van der Waals surface area contributed by atoms with Crippen LogP contribution in [-0.4, -0.2) is 43.0 Å². The van der Waals surface area contributed by atoms with E-state index in [1.165, 1.54) is 0 Å². The van der Waals surface area contributed by atoms with Gasteiger partial charge in [0, 0.05) is 0 Å². The van der Waals surface area contributed by atoms with E-state index < -0.39 is 11.5 Å². The van der Waals surface area contributed by atoms with Gasteiger partial charge in [-0.15, -0.1) is 0 Å². The number of primary amides is 1. The van der Waals surface area contributed by atoms with E-state index in [9.17, 15) is 9.90 Å². The minimum Gasteiger partial charge on any atom is -0.376 e. The molecule has 1 aliphatic rings. The number of aliphatic hydroxyl groups is 1. The minimum absolute atomic E-state index is 0.0810. The predicted octanol–water partition coefficient (Wildman–Crippen LogP) is -1.75. The molecular formula is C6H11NO4. The average Bonchev–Trinajstić information content (AvgIpc) is 2.15. The molecule has 1 heterocycles. The number of carbonyl (C=O) groups excluding carboxylic acids is 1. The Labute approximate surface area is 64.1 Å². The molecule has 11 heavy (non-hydrogen) atoms. The molecule has 0 aromatic carbocycles. The summed E-state index contributed by atoms with van der Waals surface area (Å²) in [6, 6.07) is 0. The first-order chi connectivity index (χ1) is 5.15. The van der Waals surface area contributed by atoms with Crippen LogP contribution in [0.3, 0.4) is 0 Å². The lowest BCUT2D eigenvalue weighted by Gasteiger charge is -2.20. The van der Waals surface area contributed by atoms with Gasteiger partial charge in [-0.3, -0.25) is 4.79 Å². The Hall–Kier alpha value is -0.650. The van der Waals surface area contributed by atoms with Crippen LogP contribution in [0.5, 0.6) is 0 Å². The van der Waals surface area contributed by atoms with Crippen molar-refractivity contribution in [2.45, 2.75) is 5.60 Å². The SMILES string of the molecule is NC(=O)C1(O)COCCOC1. The average molecular weight is 161 g/mol. The summed E-state index contributed by atoms with van der Waals surface area (Å²) >= 11 is 0. The third-order valence-corrected chi connectivity index (χ3v) is 1.51. The van der Waals surface area contributed by atoms with Gasteiger partial charge in [0.05, 0.1) is 26.4 Å². The Kier molecular flexibility index (Phi) is 2.43. The number of nitrogens with two attached hydrogens (primary N) is 1. The summed E-state index contributed by atoms with van der Waals surface area (Å²) in [4.78, 5) is 10.6. The molecule has 0 bridgehead atoms. The molecule has 3 N–H and O–H groups in total. The molecule has 1 amide bonds. The van der Waals surface area contributed by atoms with Gasteiger partial charge < -0.3 is 20.3 Å². The molecule has 0 spiro atoms. The van der Waals surface area contributed by atoms with Crippen LogP contribution >= 0.6 is 0 Å². The summed E-state index contributed by atoms with van der Waals surface area (Å²) in [7, 11) is 0. The molecular weight excluding hydrogens is 150 g/mol. The summed E-state index contributed by atoms with van der Waals surface area (Å²) in [6.45, 7) is 0.607. The van der Waals surface area contributed by atoms with Crippen molar-refractivity contribution in [3.63, 3.8) is 0 Å². The largest absolute Gasteiger partial charge is 0.376 e. The van der Waals surface area contributed by atoms with Crippen LogP contribution in [0, 0.1) is 0 Å². The third-order valence-electron chi connectivity index (χ3n) is 1.51. The third kappa shape index (κ3) is 1.89. The van der Waals surface area contributed by atoms with Gasteiger partial charge in [0.25, 0.3) is 5.91 Å². The van der Waals surface area contributed by atoms with Crippen molar-refractivity contribution in [2.75, 3.05) is 26.4 Å². The summed E-state index contributed by atoms with van der Waals surface area (Å²) in [5, 5.41) is 9.40. The molecule has 0 unspecified atom stereocenters. The van der Waals surface area contributed by atoms with Crippen LogP contribution in [0.1, 0.15) is 0 Å². The standard InChI is InChI=1S/C6H11NO4/c7-5(8)6(9)3-10-1-2-11-4-6/h9H,1-4H2,(H2,7,8). The molecule has 0 saturated carbocycles. The fourth-order valence-corrected chi connectivity index (χ4v) is 0.784. The molecule has 64 valence electrons. The van der Waals surface area contributed by atoms with Crippen LogP contribution in [0.15, 0.2) is 0 Å². The van der Waals surface area contributed by atoms with E-state index in [1.54, 1.807) is 0 Å². The van der Waals surface area contributed by atoms with E-state index in [1.807, 2.05) is 0 Å². The first-order valence-electron chi connectivity index (χ1n) is 3.33. The maximum Gasteiger partial charge on any atom is 0.254 e. The molecule has 1 fully saturated rings. The van der Waals surface area contributed by atoms with Gasteiger partial charge in [-0.1, -0.05) is 0 Å². The van der Waals surface area contributed by atoms with Crippen molar-refractivity contribution in [1.82, 2.24) is 0 Å². The maximum atomic E-state index is 10.6. The van der Waals surface area contributed by atoms with Gasteiger partial charge in [0.2, 0.25) is 0 Å². The summed E-state index contributed by atoms with van der Waals surface area (Å²) < 4.78 is 9.79. The van der Waals surface area contributed by atoms with Crippen molar-refractivity contribution >= 4 is 5.91 Å². The van der Waals surface area contributed by atoms with E-state index in [-0.39, 0.29) is 13.2 Å². The molecule has 0 aliphatic carbocycles. The smallest absolute Gasteiger partial charge is 0.254 e. The molecule has 0 radical (unpaired) electrons. The number of ether oxygens (including phenoxy) is 2. The highest BCUT2D eigenvalue weighted by atomic mass is 16.6. The van der Waals surface area contributed by atoms with Crippen LogP contribution in [-0.2, 0) is 14.3 Å². The highest BCUT2D eigenvalue weighted by Crippen LogP contribution is 2.08. The zero-order valence-electron chi connectivity index (χ0n) is 6.08. The minimum atomic E-state index is -1.64. The summed E-state index contributed by atoms with van der Waals surface area (Å²) in [5.41, 5.74) is 3.28. The lowest BCUT2D eigenvalue weighted by molar-refractivity contribution is -0.145. The van der Waals surface area contributed by atoms with Gasteiger partial charge in [0.1, 0.15) is 0 Å². The van der Waals surface area contributed by atoms with Crippen LogP contribution < -0.4 is 5.73 Å². The molecule has 0 atom stereocenters. The number of rotatable bonds is 1. The Morgan fingerprint density at radius 1 is 1.36 bits per heavy atom. The van der Waals surface area contributed by atoms with E-state index in [0.29, 0.717) is 13.2 Å². The molecule has 1 saturated heterocycles. The number of hydrogen-bond acceptors (Lipinski definition) is 4. The van der Waals surface area contributed by atoms with Crippen LogP contribution in [0.25, 0.3) is 0 Å². The summed E-state index contributed by atoms with van der Waals surface area (Å²) in [6.07, 6.45) is 0. The second-order valence-corrected chi connectivity index (χ2v) is 2.50. The van der Waals surface area contributed by atoms with Gasteiger partial charge in [-0.2, -0.15) is 0 Å². The normalized spacial score (nSPS) is 24.1. The fraction of sp³-hybridized carbons (Fsp3) is 0.833. The highest BCUT2D eigenvalue weighted by Gasteiger charge is 2.36. The zero-order chi connectivity index (χ0) is 8.32.